The van der Waals surface area contributed by atoms with Crippen LogP contribution in [-0.2, 0) is 4.74 Å². The summed E-state index contributed by atoms with van der Waals surface area (Å²) >= 11 is 0. The Hall–Kier alpha value is -0.480. The van der Waals surface area contributed by atoms with Gasteiger partial charge in [-0.1, -0.05) is 20.3 Å². The fourth-order valence-corrected chi connectivity index (χ4v) is 2.05. The van der Waals surface area contributed by atoms with Gasteiger partial charge in [0.15, 0.2) is 0 Å². The first-order valence-electron chi connectivity index (χ1n) is 6.55. The molecule has 0 aliphatic carbocycles. The van der Waals surface area contributed by atoms with Gasteiger partial charge in [0.2, 0.25) is 0 Å². The molecular formula is C13H27ClN2O2. The second-order valence-corrected chi connectivity index (χ2v) is 5.83. The molecular weight excluding hydrogens is 252 g/mol. The number of carbonyl (C=O) groups excluding carboxylic acids is 1. The number of halogens is 1. The Balaban J connectivity index is 0.00000289. The maximum Gasteiger partial charge on any atom is 0.410 e. The van der Waals surface area contributed by atoms with E-state index in [1.165, 1.54) is 0 Å². The molecule has 0 saturated carbocycles. The van der Waals surface area contributed by atoms with Crippen LogP contribution in [0.4, 0.5) is 4.79 Å². The number of hydrogen-bond donors (Lipinski definition) is 1. The minimum absolute atomic E-state index is 0. The number of nitrogens with one attached hydrogen (secondary N) is 1. The molecule has 0 aromatic rings. The van der Waals surface area contributed by atoms with Crippen molar-refractivity contribution >= 4 is 18.5 Å². The highest BCUT2D eigenvalue weighted by Gasteiger charge is 2.32. The van der Waals surface area contributed by atoms with E-state index in [-0.39, 0.29) is 24.5 Å². The van der Waals surface area contributed by atoms with Crippen molar-refractivity contribution in [1.82, 2.24) is 10.2 Å². The summed E-state index contributed by atoms with van der Waals surface area (Å²) in [5.74, 6) is 0.496. The van der Waals surface area contributed by atoms with Gasteiger partial charge in [0.1, 0.15) is 5.60 Å². The third kappa shape index (κ3) is 5.02. The van der Waals surface area contributed by atoms with Crippen molar-refractivity contribution in [3.05, 3.63) is 0 Å². The largest absolute Gasteiger partial charge is 0.444 e. The summed E-state index contributed by atoms with van der Waals surface area (Å²) in [5.41, 5.74) is -0.415. The molecule has 108 valence electrons. The molecule has 0 spiro atoms. The molecule has 2 atom stereocenters. The maximum absolute atomic E-state index is 12.1. The average Bonchev–Trinajstić information content (AvgIpc) is 2.25. The van der Waals surface area contributed by atoms with Gasteiger partial charge in [0, 0.05) is 19.6 Å². The van der Waals surface area contributed by atoms with E-state index in [0.717, 1.165) is 26.1 Å². The van der Waals surface area contributed by atoms with Gasteiger partial charge < -0.3 is 15.0 Å². The van der Waals surface area contributed by atoms with Crippen LogP contribution in [0.25, 0.3) is 0 Å². The first-order chi connectivity index (χ1) is 7.85. The summed E-state index contributed by atoms with van der Waals surface area (Å²) in [6, 6.07) is 0.253. The molecule has 1 rings (SSSR count). The number of amides is 1. The van der Waals surface area contributed by atoms with Crippen molar-refractivity contribution in [2.75, 3.05) is 19.6 Å². The van der Waals surface area contributed by atoms with Gasteiger partial charge in [0.25, 0.3) is 0 Å². The molecule has 1 unspecified atom stereocenters. The van der Waals surface area contributed by atoms with Crippen LogP contribution in [0.15, 0.2) is 0 Å². The molecule has 0 aromatic carbocycles. The molecule has 1 aliphatic heterocycles. The van der Waals surface area contributed by atoms with Crippen LogP contribution in [0.1, 0.15) is 41.0 Å². The van der Waals surface area contributed by atoms with E-state index in [4.69, 9.17) is 4.74 Å². The van der Waals surface area contributed by atoms with E-state index in [2.05, 4.69) is 19.2 Å². The molecule has 0 bridgehead atoms. The Labute approximate surface area is 117 Å². The van der Waals surface area contributed by atoms with Crippen molar-refractivity contribution in [3.63, 3.8) is 0 Å². The quantitative estimate of drug-likeness (QED) is 0.844. The van der Waals surface area contributed by atoms with Gasteiger partial charge in [-0.3, -0.25) is 0 Å². The molecule has 18 heavy (non-hydrogen) atoms. The summed E-state index contributed by atoms with van der Waals surface area (Å²) in [6.07, 6.45) is 0.898. The molecule has 4 nitrogen and oxygen atoms in total. The van der Waals surface area contributed by atoms with E-state index >= 15 is 0 Å². The Bertz CT molecular complexity index is 266. The summed E-state index contributed by atoms with van der Waals surface area (Å²) in [6.45, 7) is 12.5. The predicted octanol–water partition coefficient (Wildman–Crippen LogP) is 2.66. The van der Waals surface area contributed by atoms with E-state index in [9.17, 15) is 4.79 Å². The van der Waals surface area contributed by atoms with E-state index in [1.54, 1.807) is 0 Å². The van der Waals surface area contributed by atoms with Crippen molar-refractivity contribution in [2.45, 2.75) is 52.7 Å². The lowest BCUT2D eigenvalue weighted by Gasteiger charge is -2.39. The average molecular weight is 279 g/mol. The molecule has 1 N–H and O–H groups in total. The highest BCUT2D eigenvalue weighted by Crippen LogP contribution is 2.19. The Kier molecular flexibility index (Phi) is 7.00. The topological polar surface area (TPSA) is 41.6 Å². The van der Waals surface area contributed by atoms with Gasteiger partial charge in [-0.25, -0.2) is 4.79 Å². The van der Waals surface area contributed by atoms with Gasteiger partial charge in [-0.15, -0.1) is 12.4 Å². The van der Waals surface area contributed by atoms with Crippen LogP contribution in [0.2, 0.25) is 0 Å². The predicted molar refractivity (Wildman–Crippen MR) is 76.3 cm³/mol. The second kappa shape index (κ2) is 7.19. The number of ether oxygens (including phenoxy) is 1. The lowest BCUT2D eigenvalue weighted by atomic mass is 9.96. The zero-order valence-electron chi connectivity index (χ0n) is 12.2. The van der Waals surface area contributed by atoms with Crippen LogP contribution >= 0.6 is 12.4 Å². The highest BCUT2D eigenvalue weighted by atomic mass is 35.5. The molecule has 5 heteroatoms. The van der Waals surface area contributed by atoms with Crippen molar-refractivity contribution < 1.29 is 9.53 Å². The van der Waals surface area contributed by atoms with E-state index < -0.39 is 5.60 Å². The normalized spacial score (nSPS) is 22.1. The maximum atomic E-state index is 12.1. The summed E-state index contributed by atoms with van der Waals surface area (Å²) in [5, 5.41) is 3.35. The summed E-state index contributed by atoms with van der Waals surface area (Å²) in [7, 11) is 0. The smallest absolute Gasteiger partial charge is 0.410 e. The van der Waals surface area contributed by atoms with Crippen LogP contribution in [0.3, 0.4) is 0 Å². The molecule has 0 aromatic heterocycles. The number of hydrogen-bond acceptors (Lipinski definition) is 3. The van der Waals surface area contributed by atoms with Crippen LogP contribution in [0, 0.1) is 5.92 Å². The van der Waals surface area contributed by atoms with Gasteiger partial charge in [-0.05, 0) is 26.7 Å². The van der Waals surface area contributed by atoms with Gasteiger partial charge in [-0.2, -0.15) is 0 Å². The highest BCUT2D eigenvalue weighted by molar-refractivity contribution is 5.85. The second-order valence-electron chi connectivity index (χ2n) is 5.83. The fourth-order valence-electron chi connectivity index (χ4n) is 2.05. The standard InChI is InChI=1S/C13H26N2O2.ClH/c1-6-10(2)11-9-14-7-8-15(11)12(16)17-13(3,4)5;/h10-11,14H,6-9H2,1-5H3;1H/t10?,11-;/m0./s1. The molecule has 0 radical (unpaired) electrons. The third-order valence-electron chi connectivity index (χ3n) is 3.21. The first-order valence-corrected chi connectivity index (χ1v) is 6.55. The summed E-state index contributed by atoms with van der Waals surface area (Å²) in [4.78, 5) is 14.0. The lowest BCUT2D eigenvalue weighted by molar-refractivity contribution is 0.00525. The lowest BCUT2D eigenvalue weighted by Crippen LogP contribution is -2.56. The molecule has 1 saturated heterocycles. The first kappa shape index (κ1) is 17.5. The van der Waals surface area contributed by atoms with Crippen LogP contribution < -0.4 is 5.32 Å². The Morgan fingerprint density at radius 2 is 2.11 bits per heavy atom. The third-order valence-corrected chi connectivity index (χ3v) is 3.21. The van der Waals surface area contributed by atoms with Crippen LogP contribution in [0.5, 0.6) is 0 Å². The molecule has 1 fully saturated rings. The minimum atomic E-state index is -0.415. The van der Waals surface area contributed by atoms with Crippen LogP contribution in [-0.4, -0.2) is 42.3 Å². The van der Waals surface area contributed by atoms with Crippen molar-refractivity contribution in [3.8, 4) is 0 Å². The summed E-state index contributed by atoms with van der Waals surface area (Å²) < 4.78 is 5.46. The van der Waals surface area contributed by atoms with E-state index in [0.29, 0.717) is 5.92 Å². The zero-order chi connectivity index (χ0) is 13.1. The number of nitrogens with zero attached hydrogens (tertiary/aromatic N) is 1. The SMILES string of the molecule is CCC(C)[C@@H]1CNCCN1C(=O)OC(C)(C)C.Cl. The Morgan fingerprint density at radius 3 is 2.61 bits per heavy atom. The van der Waals surface area contributed by atoms with Gasteiger partial charge in [0.05, 0.1) is 6.04 Å². The monoisotopic (exact) mass is 278 g/mol. The Morgan fingerprint density at radius 1 is 1.50 bits per heavy atom. The van der Waals surface area contributed by atoms with E-state index in [1.807, 2.05) is 25.7 Å². The minimum Gasteiger partial charge on any atom is -0.444 e. The van der Waals surface area contributed by atoms with Gasteiger partial charge >= 0.3 is 6.09 Å². The van der Waals surface area contributed by atoms with Crippen molar-refractivity contribution in [1.29, 1.82) is 0 Å². The molecule has 1 heterocycles. The number of rotatable bonds is 2. The molecule has 1 aliphatic rings. The number of carbonyl (C=O) groups is 1. The fraction of sp³-hybridized carbons (Fsp3) is 0.923. The number of piperazine rings is 1. The van der Waals surface area contributed by atoms with Crippen molar-refractivity contribution in [2.24, 2.45) is 5.92 Å². The zero-order valence-corrected chi connectivity index (χ0v) is 13.0. The molecule has 1 amide bonds.